The second-order valence-corrected chi connectivity index (χ2v) is 7.84. The van der Waals surface area contributed by atoms with Crippen LogP contribution in [0.1, 0.15) is 54.6 Å². The molecule has 1 heterocycles. The summed E-state index contributed by atoms with van der Waals surface area (Å²) in [7, 11) is 0. The number of piperidine rings is 1. The highest BCUT2D eigenvalue weighted by molar-refractivity contribution is 5.88. The van der Waals surface area contributed by atoms with Crippen LogP contribution in [0.5, 0.6) is 0 Å². The Hall–Kier alpha value is -1.35. The molecule has 0 spiro atoms. The van der Waals surface area contributed by atoms with Crippen molar-refractivity contribution in [1.29, 1.82) is 0 Å². The maximum atomic E-state index is 11.3. The van der Waals surface area contributed by atoms with E-state index in [1.807, 2.05) is 6.07 Å². The SMILES string of the molecule is C[C@H]1[C@H]2Cc3ccc(C(=O)O)cc3[C@]1(C)CCN2CC1CC1. The lowest BCUT2D eigenvalue weighted by Crippen LogP contribution is -2.58. The van der Waals surface area contributed by atoms with Crippen LogP contribution in [0.15, 0.2) is 18.2 Å². The topological polar surface area (TPSA) is 40.5 Å². The third-order valence-electron chi connectivity index (χ3n) is 6.56. The Balaban J connectivity index is 1.72. The molecule has 1 saturated heterocycles. The number of rotatable bonds is 3. The number of fused-ring (bicyclic) bond motifs is 4. The Labute approximate surface area is 132 Å². The fourth-order valence-corrected chi connectivity index (χ4v) is 4.70. The molecule has 3 atom stereocenters. The number of carboxylic acids is 1. The van der Waals surface area contributed by atoms with E-state index in [0.29, 0.717) is 17.5 Å². The number of benzene rings is 1. The Morgan fingerprint density at radius 2 is 2.18 bits per heavy atom. The summed E-state index contributed by atoms with van der Waals surface area (Å²) in [6.45, 7) is 7.16. The molecule has 4 rings (SSSR count). The molecule has 2 fully saturated rings. The molecule has 2 bridgehead atoms. The van der Waals surface area contributed by atoms with E-state index in [1.165, 1.54) is 37.1 Å². The van der Waals surface area contributed by atoms with Crippen molar-refractivity contribution >= 4 is 5.97 Å². The van der Waals surface area contributed by atoms with Crippen LogP contribution >= 0.6 is 0 Å². The second-order valence-electron chi connectivity index (χ2n) is 7.84. The standard InChI is InChI=1S/C19H25NO2/c1-12-17-10-14-5-6-15(18(21)22)9-16(14)19(12,2)7-8-20(17)11-13-3-4-13/h5-6,9,12-13,17H,3-4,7-8,10-11H2,1-2H3,(H,21,22)/t12-,17+,19+/m0/s1. The molecule has 1 saturated carbocycles. The van der Waals surface area contributed by atoms with E-state index in [2.05, 4.69) is 24.8 Å². The first-order chi connectivity index (χ1) is 10.5. The fraction of sp³-hybridized carbons (Fsp3) is 0.632. The second kappa shape index (κ2) is 4.82. The number of hydrogen-bond donors (Lipinski definition) is 1. The van der Waals surface area contributed by atoms with Crippen LogP contribution < -0.4 is 0 Å². The predicted molar refractivity (Wildman–Crippen MR) is 86.3 cm³/mol. The van der Waals surface area contributed by atoms with Crippen LogP contribution in [-0.4, -0.2) is 35.1 Å². The summed E-state index contributed by atoms with van der Waals surface area (Å²) in [4.78, 5) is 14.0. The van der Waals surface area contributed by atoms with Gasteiger partial charge in [-0.05, 0) is 72.7 Å². The van der Waals surface area contributed by atoms with E-state index < -0.39 is 5.97 Å². The third-order valence-corrected chi connectivity index (χ3v) is 6.56. The van der Waals surface area contributed by atoms with Crippen molar-refractivity contribution in [3.05, 3.63) is 34.9 Å². The summed E-state index contributed by atoms with van der Waals surface area (Å²) in [6, 6.07) is 6.42. The average molecular weight is 299 g/mol. The van der Waals surface area contributed by atoms with E-state index in [1.54, 1.807) is 6.07 Å². The highest BCUT2D eigenvalue weighted by Gasteiger charge is 2.49. The Kier molecular flexibility index (Phi) is 3.12. The summed E-state index contributed by atoms with van der Waals surface area (Å²) < 4.78 is 0. The molecule has 22 heavy (non-hydrogen) atoms. The first-order valence-corrected chi connectivity index (χ1v) is 8.60. The van der Waals surface area contributed by atoms with Crippen molar-refractivity contribution in [1.82, 2.24) is 4.90 Å². The molecular formula is C19H25NO2. The van der Waals surface area contributed by atoms with Gasteiger partial charge in [-0.1, -0.05) is 19.9 Å². The first-order valence-electron chi connectivity index (χ1n) is 8.60. The van der Waals surface area contributed by atoms with E-state index in [-0.39, 0.29) is 5.41 Å². The van der Waals surface area contributed by atoms with Crippen LogP contribution in [0.3, 0.4) is 0 Å². The molecule has 1 aliphatic heterocycles. The van der Waals surface area contributed by atoms with E-state index in [4.69, 9.17) is 0 Å². The molecule has 3 nitrogen and oxygen atoms in total. The maximum Gasteiger partial charge on any atom is 0.335 e. The maximum absolute atomic E-state index is 11.3. The lowest BCUT2D eigenvalue weighted by atomic mass is 9.59. The van der Waals surface area contributed by atoms with Crippen LogP contribution in [0.4, 0.5) is 0 Å². The van der Waals surface area contributed by atoms with Crippen LogP contribution in [0, 0.1) is 11.8 Å². The summed E-state index contributed by atoms with van der Waals surface area (Å²) in [6.07, 6.45) is 5.05. The average Bonchev–Trinajstić information content (AvgIpc) is 3.29. The number of carbonyl (C=O) groups is 1. The van der Waals surface area contributed by atoms with Crippen molar-refractivity contribution < 1.29 is 9.90 Å². The zero-order chi connectivity index (χ0) is 15.5. The van der Waals surface area contributed by atoms with Crippen LogP contribution in [0.2, 0.25) is 0 Å². The van der Waals surface area contributed by atoms with Crippen molar-refractivity contribution in [2.45, 2.75) is 51.0 Å². The highest BCUT2D eigenvalue weighted by Crippen LogP contribution is 2.49. The molecule has 2 aliphatic carbocycles. The molecule has 0 radical (unpaired) electrons. The summed E-state index contributed by atoms with van der Waals surface area (Å²) in [5, 5.41) is 9.30. The predicted octanol–water partition coefficient (Wildman–Crippen LogP) is 3.32. The van der Waals surface area contributed by atoms with Gasteiger partial charge in [0.2, 0.25) is 0 Å². The number of aromatic carboxylic acids is 1. The minimum absolute atomic E-state index is 0.129. The van der Waals surface area contributed by atoms with Gasteiger partial charge in [-0.25, -0.2) is 4.79 Å². The Morgan fingerprint density at radius 1 is 1.41 bits per heavy atom. The van der Waals surface area contributed by atoms with Gasteiger partial charge in [0.25, 0.3) is 0 Å². The lowest BCUT2D eigenvalue weighted by molar-refractivity contribution is 0.0283. The van der Waals surface area contributed by atoms with Crippen molar-refractivity contribution in [3.63, 3.8) is 0 Å². The number of likely N-dealkylation sites (tertiary alicyclic amines) is 1. The van der Waals surface area contributed by atoms with Gasteiger partial charge in [-0.3, -0.25) is 4.90 Å². The Morgan fingerprint density at radius 3 is 2.86 bits per heavy atom. The van der Waals surface area contributed by atoms with E-state index >= 15 is 0 Å². The van der Waals surface area contributed by atoms with Gasteiger partial charge in [0.1, 0.15) is 0 Å². The summed E-state index contributed by atoms with van der Waals surface area (Å²) >= 11 is 0. The smallest absolute Gasteiger partial charge is 0.335 e. The monoisotopic (exact) mass is 299 g/mol. The van der Waals surface area contributed by atoms with Crippen LogP contribution in [0.25, 0.3) is 0 Å². The molecule has 0 amide bonds. The largest absolute Gasteiger partial charge is 0.478 e. The third kappa shape index (κ3) is 2.10. The van der Waals surface area contributed by atoms with Gasteiger partial charge in [-0.2, -0.15) is 0 Å². The Bertz CT molecular complexity index is 622. The molecule has 118 valence electrons. The van der Waals surface area contributed by atoms with Gasteiger partial charge in [-0.15, -0.1) is 0 Å². The van der Waals surface area contributed by atoms with Gasteiger partial charge >= 0.3 is 5.97 Å². The highest BCUT2D eigenvalue weighted by atomic mass is 16.4. The van der Waals surface area contributed by atoms with Gasteiger partial charge in [0.15, 0.2) is 0 Å². The lowest BCUT2D eigenvalue weighted by Gasteiger charge is -2.54. The van der Waals surface area contributed by atoms with E-state index in [0.717, 1.165) is 18.8 Å². The first kappa shape index (κ1) is 14.3. The molecule has 0 aromatic heterocycles. The van der Waals surface area contributed by atoms with Crippen molar-refractivity contribution in [2.75, 3.05) is 13.1 Å². The zero-order valence-corrected chi connectivity index (χ0v) is 13.5. The summed E-state index contributed by atoms with van der Waals surface area (Å²) in [5.41, 5.74) is 3.23. The van der Waals surface area contributed by atoms with Gasteiger partial charge in [0.05, 0.1) is 5.56 Å². The number of hydrogen-bond acceptors (Lipinski definition) is 2. The van der Waals surface area contributed by atoms with Crippen molar-refractivity contribution in [2.24, 2.45) is 11.8 Å². The van der Waals surface area contributed by atoms with Crippen molar-refractivity contribution in [3.8, 4) is 0 Å². The zero-order valence-electron chi connectivity index (χ0n) is 13.5. The normalized spacial score (nSPS) is 34.3. The minimum atomic E-state index is -0.813. The quantitative estimate of drug-likeness (QED) is 0.931. The number of carboxylic acid groups (broad SMARTS) is 1. The van der Waals surface area contributed by atoms with E-state index in [9.17, 15) is 9.90 Å². The molecule has 3 heteroatoms. The summed E-state index contributed by atoms with van der Waals surface area (Å²) in [5.74, 6) is 0.719. The molecular weight excluding hydrogens is 274 g/mol. The molecule has 0 unspecified atom stereocenters. The molecule has 1 aromatic rings. The fourth-order valence-electron chi connectivity index (χ4n) is 4.70. The molecule has 1 aromatic carbocycles. The van der Waals surface area contributed by atoms with Gasteiger partial charge < -0.3 is 5.11 Å². The van der Waals surface area contributed by atoms with Gasteiger partial charge in [0, 0.05) is 12.6 Å². The molecule has 3 aliphatic rings. The number of nitrogens with zero attached hydrogens (tertiary/aromatic N) is 1. The molecule has 1 N–H and O–H groups in total. The minimum Gasteiger partial charge on any atom is -0.478 e. The van der Waals surface area contributed by atoms with Crippen LogP contribution in [-0.2, 0) is 11.8 Å².